The van der Waals surface area contributed by atoms with Crippen LogP contribution in [-0.4, -0.2) is 19.6 Å². The van der Waals surface area contributed by atoms with Gasteiger partial charge in [-0.3, -0.25) is 4.79 Å². The Morgan fingerprint density at radius 2 is 2.30 bits per heavy atom. The van der Waals surface area contributed by atoms with Crippen LogP contribution >= 0.6 is 11.8 Å². The second kappa shape index (κ2) is 6.93. The maximum atomic E-state index is 11.7. The van der Waals surface area contributed by atoms with Crippen molar-refractivity contribution in [3.8, 4) is 0 Å². The summed E-state index contributed by atoms with van der Waals surface area (Å²) in [5.41, 5.74) is 4.63. The molecule has 0 radical (unpaired) electrons. The largest absolute Gasteiger partial charge is 0.375 e. The molecule has 0 saturated heterocycles. The molecule has 1 N–H and O–H groups in total. The minimum absolute atomic E-state index is 0.0738. The molecule has 2 aliphatic rings. The van der Waals surface area contributed by atoms with Crippen molar-refractivity contribution in [3.05, 3.63) is 40.8 Å². The lowest BCUT2D eigenvalue weighted by molar-refractivity contribution is -0.119. The summed E-state index contributed by atoms with van der Waals surface area (Å²) >= 11 is 1.85. The average Bonchev–Trinajstić information content (AvgIpc) is 2.54. The third-order valence-corrected chi connectivity index (χ3v) is 5.87. The highest BCUT2D eigenvalue weighted by molar-refractivity contribution is 8.03. The van der Waals surface area contributed by atoms with Gasteiger partial charge in [0, 0.05) is 17.7 Å². The molecule has 3 nitrogen and oxygen atoms in total. The molecule has 0 spiro atoms. The number of amides is 1. The number of carbonyl (C=O) groups excluding carboxylic acids is 1. The van der Waals surface area contributed by atoms with Crippen molar-refractivity contribution in [1.29, 1.82) is 0 Å². The zero-order chi connectivity index (χ0) is 16.4. The van der Waals surface area contributed by atoms with Crippen molar-refractivity contribution in [3.63, 3.8) is 0 Å². The van der Waals surface area contributed by atoms with Gasteiger partial charge in [0.05, 0.1) is 0 Å². The first-order valence-corrected chi connectivity index (χ1v) is 8.96. The van der Waals surface area contributed by atoms with E-state index in [-0.39, 0.29) is 12.5 Å². The molecule has 4 heteroatoms. The summed E-state index contributed by atoms with van der Waals surface area (Å²) in [5, 5.41) is 2.88. The van der Waals surface area contributed by atoms with E-state index in [0.29, 0.717) is 0 Å². The van der Waals surface area contributed by atoms with Crippen LogP contribution in [0.15, 0.2) is 40.2 Å². The summed E-state index contributed by atoms with van der Waals surface area (Å²) in [5.74, 6) is 0.663. The van der Waals surface area contributed by atoms with Gasteiger partial charge in [0.1, 0.15) is 6.61 Å². The number of nitrogens with one attached hydrogen (secondary N) is 1. The Bertz CT molecular complexity index is 678. The fourth-order valence-electron chi connectivity index (χ4n) is 3.30. The first-order valence-electron chi connectivity index (χ1n) is 8.14. The average molecular weight is 329 g/mol. The predicted molar refractivity (Wildman–Crippen MR) is 96.5 cm³/mol. The van der Waals surface area contributed by atoms with Gasteiger partial charge < -0.3 is 10.1 Å². The van der Waals surface area contributed by atoms with Crippen LogP contribution < -0.4 is 5.32 Å². The van der Waals surface area contributed by atoms with E-state index < -0.39 is 0 Å². The highest BCUT2D eigenvalue weighted by atomic mass is 32.2. The van der Waals surface area contributed by atoms with Crippen LogP contribution in [0.25, 0.3) is 5.57 Å². The number of benzene rings is 1. The molecule has 23 heavy (non-hydrogen) atoms. The Hall–Kier alpha value is -1.52. The van der Waals surface area contributed by atoms with Crippen LogP contribution in [0.4, 0.5) is 5.69 Å². The maximum Gasteiger partial charge on any atom is 0.250 e. The van der Waals surface area contributed by atoms with Crippen LogP contribution in [0.5, 0.6) is 0 Å². The van der Waals surface area contributed by atoms with E-state index in [2.05, 4.69) is 31.0 Å². The molecule has 1 aliphatic carbocycles. The molecule has 0 saturated carbocycles. The van der Waals surface area contributed by atoms with Crippen molar-refractivity contribution in [2.45, 2.75) is 37.5 Å². The van der Waals surface area contributed by atoms with Crippen LogP contribution in [0.2, 0.25) is 0 Å². The molecule has 1 unspecified atom stereocenters. The monoisotopic (exact) mass is 329 g/mol. The number of hydrogen-bond acceptors (Lipinski definition) is 3. The van der Waals surface area contributed by atoms with E-state index >= 15 is 0 Å². The van der Waals surface area contributed by atoms with Crippen molar-refractivity contribution >= 4 is 28.9 Å². The van der Waals surface area contributed by atoms with Crippen LogP contribution in [0, 0.1) is 5.92 Å². The minimum atomic E-state index is -0.129. The molecule has 3 rings (SSSR count). The number of methoxy groups -OCH3 is 1. The van der Waals surface area contributed by atoms with Gasteiger partial charge in [0.2, 0.25) is 5.91 Å². The molecule has 122 valence electrons. The first kappa shape index (κ1) is 16.3. The molecule has 1 aromatic carbocycles. The predicted octanol–water partition coefficient (Wildman–Crippen LogP) is 4.85. The van der Waals surface area contributed by atoms with E-state index in [1.807, 2.05) is 17.8 Å². The van der Waals surface area contributed by atoms with Gasteiger partial charge in [-0.15, -0.1) is 0 Å². The number of hydrogen-bond donors (Lipinski definition) is 1. The van der Waals surface area contributed by atoms with Gasteiger partial charge in [-0.25, -0.2) is 0 Å². The van der Waals surface area contributed by atoms with Crippen LogP contribution in [-0.2, 0) is 9.53 Å². The third kappa shape index (κ3) is 3.38. The number of carbonyl (C=O) groups is 1. The van der Waals surface area contributed by atoms with E-state index in [1.54, 1.807) is 0 Å². The van der Waals surface area contributed by atoms with E-state index in [1.165, 1.54) is 40.9 Å². The van der Waals surface area contributed by atoms with Crippen LogP contribution in [0.3, 0.4) is 0 Å². The number of fused-ring (bicyclic) bond motifs is 1. The van der Waals surface area contributed by atoms with Crippen molar-refractivity contribution in [1.82, 2.24) is 0 Å². The standard InChI is InChI=1S/C19H23NO2S/c1-4-13-5-7-15-12(2)16-8-6-14(20-19(21)11-22-3)10-18(16)23-17(15)9-13/h6,8,10,13H,2,4-5,7,9,11H2,1,3H3,(H,20,21). The second-order valence-corrected chi connectivity index (χ2v) is 7.33. The Balaban J connectivity index is 1.84. The van der Waals surface area contributed by atoms with E-state index in [0.717, 1.165) is 30.0 Å². The second-order valence-electron chi connectivity index (χ2n) is 6.19. The number of allylic oxidation sites excluding steroid dienone is 3. The van der Waals surface area contributed by atoms with Crippen LogP contribution in [0.1, 0.15) is 38.2 Å². The minimum Gasteiger partial charge on any atom is -0.375 e. The van der Waals surface area contributed by atoms with Gasteiger partial charge in [-0.2, -0.15) is 0 Å². The summed E-state index contributed by atoms with van der Waals surface area (Å²) < 4.78 is 4.86. The number of ether oxygens (including phenoxy) is 1. The molecule has 1 aliphatic heterocycles. The van der Waals surface area contributed by atoms with Gasteiger partial charge in [-0.1, -0.05) is 37.8 Å². The van der Waals surface area contributed by atoms with Gasteiger partial charge in [-0.05, 0) is 58.9 Å². The van der Waals surface area contributed by atoms with Crippen molar-refractivity contribution < 1.29 is 9.53 Å². The molecule has 1 atom stereocenters. The summed E-state index contributed by atoms with van der Waals surface area (Å²) in [7, 11) is 1.52. The third-order valence-electron chi connectivity index (χ3n) is 4.65. The summed E-state index contributed by atoms with van der Waals surface area (Å²) in [6, 6.07) is 6.07. The highest BCUT2D eigenvalue weighted by Crippen LogP contribution is 2.51. The van der Waals surface area contributed by atoms with Gasteiger partial charge in [0.15, 0.2) is 0 Å². The molecule has 0 fully saturated rings. The topological polar surface area (TPSA) is 38.3 Å². The molecular weight excluding hydrogens is 306 g/mol. The SMILES string of the molecule is C=C1C2=C(CC(CC)CC2)Sc2cc(NC(=O)COC)ccc21. The molecular formula is C19H23NO2S. The number of rotatable bonds is 4. The van der Waals surface area contributed by atoms with Crippen molar-refractivity contribution in [2.75, 3.05) is 19.0 Å². The molecule has 1 amide bonds. The maximum absolute atomic E-state index is 11.7. The zero-order valence-electron chi connectivity index (χ0n) is 13.8. The Kier molecular flexibility index (Phi) is 4.93. The van der Waals surface area contributed by atoms with E-state index in [4.69, 9.17) is 4.74 Å². The van der Waals surface area contributed by atoms with Gasteiger partial charge in [0.25, 0.3) is 0 Å². The van der Waals surface area contributed by atoms with Crippen molar-refractivity contribution in [2.24, 2.45) is 5.92 Å². The number of thioether (sulfide) groups is 1. The molecule has 0 bridgehead atoms. The number of anilines is 1. The molecule has 0 aromatic heterocycles. The fraction of sp³-hybridized carbons (Fsp3) is 0.421. The zero-order valence-corrected chi connectivity index (χ0v) is 14.6. The normalized spacial score (nSPS) is 20.1. The van der Waals surface area contributed by atoms with Gasteiger partial charge >= 0.3 is 0 Å². The fourth-order valence-corrected chi connectivity index (χ4v) is 4.72. The Morgan fingerprint density at radius 3 is 3.04 bits per heavy atom. The Labute approximate surface area is 142 Å². The summed E-state index contributed by atoms with van der Waals surface area (Å²) in [4.78, 5) is 14.4. The molecule has 1 heterocycles. The quantitative estimate of drug-likeness (QED) is 0.858. The lowest BCUT2D eigenvalue weighted by Gasteiger charge is -2.32. The first-order chi connectivity index (χ1) is 11.1. The Morgan fingerprint density at radius 1 is 1.48 bits per heavy atom. The summed E-state index contributed by atoms with van der Waals surface area (Å²) in [6.45, 7) is 6.68. The highest BCUT2D eigenvalue weighted by Gasteiger charge is 2.27. The molecule has 1 aromatic rings. The lowest BCUT2D eigenvalue weighted by Crippen LogP contribution is -2.17. The van der Waals surface area contributed by atoms with E-state index in [9.17, 15) is 4.79 Å². The smallest absolute Gasteiger partial charge is 0.250 e. The lowest BCUT2D eigenvalue weighted by atomic mass is 9.83. The summed E-state index contributed by atoms with van der Waals surface area (Å²) in [6.07, 6.45) is 4.82.